The molecule has 3 rings (SSSR count). The molecule has 0 saturated heterocycles. The van der Waals surface area contributed by atoms with Crippen LogP contribution >= 0.6 is 0 Å². The molecule has 3 N–H and O–H groups in total. The lowest BCUT2D eigenvalue weighted by Crippen LogP contribution is -2.21. The van der Waals surface area contributed by atoms with Gasteiger partial charge in [-0.05, 0) is 30.3 Å². The molecular formula is C20H15F2NO6. The summed E-state index contributed by atoms with van der Waals surface area (Å²) >= 11 is 0. The van der Waals surface area contributed by atoms with E-state index < -0.39 is 25.1 Å². The van der Waals surface area contributed by atoms with Crippen molar-refractivity contribution in [2.24, 2.45) is 0 Å². The van der Waals surface area contributed by atoms with E-state index >= 15 is 0 Å². The summed E-state index contributed by atoms with van der Waals surface area (Å²) in [5, 5.41) is 23.3. The van der Waals surface area contributed by atoms with Gasteiger partial charge in [-0.15, -0.1) is 0 Å². The Morgan fingerprint density at radius 2 is 1.66 bits per heavy atom. The molecule has 0 atom stereocenters. The van der Waals surface area contributed by atoms with Crippen molar-refractivity contribution < 1.29 is 38.1 Å². The van der Waals surface area contributed by atoms with Crippen molar-refractivity contribution in [3.8, 4) is 17.2 Å². The molecule has 0 bridgehead atoms. The van der Waals surface area contributed by atoms with Crippen LogP contribution in [0.25, 0.3) is 10.8 Å². The summed E-state index contributed by atoms with van der Waals surface area (Å²) < 4.78 is 33.3. The maximum Gasteiger partial charge on any atom is 0.387 e. The molecule has 0 spiro atoms. The number of benzene rings is 3. The highest BCUT2D eigenvalue weighted by molar-refractivity contribution is 6.04. The second-order valence-electron chi connectivity index (χ2n) is 5.86. The van der Waals surface area contributed by atoms with Gasteiger partial charge in [0.15, 0.2) is 6.61 Å². The van der Waals surface area contributed by atoms with Gasteiger partial charge in [-0.3, -0.25) is 4.79 Å². The number of hydrogen-bond acceptors (Lipinski definition) is 6. The van der Waals surface area contributed by atoms with Crippen molar-refractivity contribution in [3.05, 3.63) is 60.2 Å². The second-order valence-corrected chi connectivity index (χ2v) is 5.86. The predicted molar refractivity (Wildman–Crippen MR) is 99.3 cm³/mol. The largest absolute Gasteiger partial charge is 0.507 e. The van der Waals surface area contributed by atoms with Gasteiger partial charge < -0.3 is 25.0 Å². The number of nitrogens with one attached hydrogen (secondary N) is 1. The molecule has 7 nitrogen and oxygen atoms in total. The topological polar surface area (TPSA) is 105 Å². The Balaban J connectivity index is 1.62. The van der Waals surface area contributed by atoms with Crippen LogP contribution in [0.3, 0.4) is 0 Å². The van der Waals surface area contributed by atoms with Crippen LogP contribution in [0.1, 0.15) is 10.4 Å². The van der Waals surface area contributed by atoms with Crippen molar-refractivity contribution in [3.63, 3.8) is 0 Å². The van der Waals surface area contributed by atoms with Gasteiger partial charge in [-0.25, -0.2) is 4.79 Å². The van der Waals surface area contributed by atoms with E-state index in [1.165, 1.54) is 30.3 Å². The summed E-state index contributed by atoms with van der Waals surface area (Å²) in [6.45, 7) is -3.62. The lowest BCUT2D eigenvalue weighted by Gasteiger charge is -2.10. The number of halogens is 2. The molecule has 9 heteroatoms. The van der Waals surface area contributed by atoms with Gasteiger partial charge >= 0.3 is 12.6 Å². The average molecular weight is 403 g/mol. The lowest BCUT2D eigenvalue weighted by molar-refractivity contribution is -0.119. The molecule has 0 radical (unpaired) electrons. The Morgan fingerprint density at radius 1 is 1.00 bits per heavy atom. The summed E-state index contributed by atoms with van der Waals surface area (Å²) in [5.74, 6) is -2.36. The number of phenols is 2. The standard InChI is InChI=1S/C20H15F2NO6/c21-20(22)29-12-7-5-11(6-8-12)23-17(25)10-28-19(27)15-9-16(24)13-3-1-2-4-14(13)18(15)26/h1-9,20,24,26H,10H2,(H,23,25). The van der Waals surface area contributed by atoms with Gasteiger partial charge in [-0.2, -0.15) is 8.78 Å². The number of fused-ring (bicyclic) bond motifs is 1. The molecule has 3 aromatic rings. The van der Waals surface area contributed by atoms with Crippen molar-refractivity contribution in [2.45, 2.75) is 6.61 Å². The number of carbonyl (C=O) groups is 2. The van der Waals surface area contributed by atoms with Crippen LogP contribution in [0.2, 0.25) is 0 Å². The minimum Gasteiger partial charge on any atom is -0.507 e. The third kappa shape index (κ3) is 4.70. The monoisotopic (exact) mass is 403 g/mol. The molecule has 0 heterocycles. The number of aromatic hydroxyl groups is 2. The Kier molecular flexibility index (Phi) is 5.77. The van der Waals surface area contributed by atoms with Gasteiger partial charge in [0.1, 0.15) is 22.8 Å². The molecule has 0 aliphatic carbocycles. The molecular weight excluding hydrogens is 388 g/mol. The maximum atomic E-state index is 12.2. The molecule has 150 valence electrons. The molecule has 0 fully saturated rings. The highest BCUT2D eigenvalue weighted by atomic mass is 19.3. The van der Waals surface area contributed by atoms with Crippen LogP contribution < -0.4 is 10.1 Å². The summed E-state index contributed by atoms with van der Waals surface area (Å²) in [6.07, 6.45) is 0. The summed E-state index contributed by atoms with van der Waals surface area (Å²) in [7, 11) is 0. The Morgan fingerprint density at radius 3 is 2.31 bits per heavy atom. The smallest absolute Gasteiger partial charge is 0.387 e. The van der Waals surface area contributed by atoms with Crippen molar-refractivity contribution in [2.75, 3.05) is 11.9 Å². The number of amides is 1. The fraction of sp³-hybridized carbons (Fsp3) is 0.100. The van der Waals surface area contributed by atoms with Crippen LogP contribution in [0.15, 0.2) is 54.6 Å². The van der Waals surface area contributed by atoms with Gasteiger partial charge in [0, 0.05) is 16.5 Å². The van der Waals surface area contributed by atoms with Crippen molar-refractivity contribution in [1.29, 1.82) is 0 Å². The van der Waals surface area contributed by atoms with E-state index in [0.29, 0.717) is 5.39 Å². The minimum atomic E-state index is -2.96. The van der Waals surface area contributed by atoms with Crippen LogP contribution in [0.5, 0.6) is 17.2 Å². The van der Waals surface area contributed by atoms with Gasteiger partial charge in [0.25, 0.3) is 5.91 Å². The highest BCUT2D eigenvalue weighted by Crippen LogP contribution is 2.35. The number of phenolic OH excluding ortho intramolecular Hbond substituents is 2. The van der Waals surface area contributed by atoms with E-state index in [1.54, 1.807) is 18.2 Å². The average Bonchev–Trinajstić information content (AvgIpc) is 2.70. The predicted octanol–water partition coefficient (Wildman–Crippen LogP) is 3.65. The number of carbonyl (C=O) groups excluding carboxylic acids is 2. The zero-order valence-corrected chi connectivity index (χ0v) is 14.8. The minimum absolute atomic E-state index is 0.0731. The fourth-order valence-corrected chi connectivity index (χ4v) is 2.62. The van der Waals surface area contributed by atoms with Gasteiger partial charge in [0.2, 0.25) is 0 Å². The molecule has 0 aliphatic rings. The summed E-state index contributed by atoms with van der Waals surface area (Å²) in [6, 6.07) is 12.6. The lowest BCUT2D eigenvalue weighted by atomic mass is 10.0. The van der Waals surface area contributed by atoms with Crippen molar-refractivity contribution in [1.82, 2.24) is 0 Å². The first-order chi connectivity index (χ1) is 13.8. The fourth-order valence-electron chi connectivity index (χ4n) is 2.62. The molecule has 1 amide bonds. The Labute approximate surface area is 163 Å². The number of rotatable bonds is 6. The number of hydrogen-bond donors (Lipinski definition) is 3. The third-order valence-corrected chi connectivity index (χ3v) is 3.91. The van der Waals surface area contributed by atoms with E-state index in [1.807, 2.05) is 0 Å². The maximum absolute atomic E-state index is 12.2. The van der Waals surface area contributed by atoms with E-state index in [9.17, 15) is 28.6 Å². The Hall–Kier alpha value is -3.88. The zero-order valence-electron chi connectivity index (χ0n) is 14.8. The van der Waals surface area contributed by atoms with Gasteiger partial charge in [-0.1, -0.05) is 24.3 Å². The summed E-state index contributed by atoms with van der Waals surface area (Å²) in [4.78, 5) is 24.1. The zero-order chi connectivity index (χ0) is 21.0. The van der Waals surface area contributed by atoms with Crippen LogP contribution in [-0.4, -0.2) is 35.3 Å². The van der Waals surface area contributed by atoms with Gasteiger partial charge in [0.05, 0.1) is 0 Å². The molecule has 0 unspecified atom stereocenters. The molecule has 3 aromatic carbocycles. The molecule has 0 aromatic heterocycles. The number of anilines is 1. The normalized spacial score (nSPS) is 10.7. The SMILES string of the molecule is O=C(COC(=O)c1cc(O)c2ccccc2c1O)Nc1ccc(OC(F)F)cc1. The van der Waals surface area contributed by atoms with Crippen LogP contribution in [-0.2, 0) is 9.53 Å². The first-order valence-corrected chi connectivity index (χ1v) is 8.30. The van der Waals surface area contributed by atoms with Crippen LogP contribution in [0, 0.1) is 0 Å². The number of alkyl halides is 2. The summed E-state index contributed by atoms with van der Waals surface area (Å²) in [5.41, 5.74) is -0.0126. The number of esters is 1. The molecule has 0 aliphatic heterocycles. The van der Waals surface area contributed by atoms with Crippen LogP contribution in [0.4, 0.5) is 14.5 Å². The van der Waals surface area contributed by atoms with E-state index in [2.05, 4.69) is 10.1 Å². The van der Waals surface area contributed by atoms with E-state index in [-0.39, 0.29) is 33.9 Å². The second kappa shape index (κ2) is 8.42. The molecule has 0 saturated carbocycles. The van der Waals surface area contributed by atoms with E-state index in [0.717, 1.165) is 6.07 Å². The molecule has 29 heavy (non-hydrogen) atoms. The first kappa shape index (κ1) is 19.9. The number of ether oxygens (including phenoxy) is 2. The third-order valence-electron chi connectivity index (χ3n) is 3.91. The van der Waals surface area contributed by atoms with Crippen molar-refractivity contribution >= 4 is 28.3 Å². The van der Waals surface area contributed by atoms with E-state index in [4.69, 9.17) is 4.74 Å². The first-order valence-electron chi connectivity index (χ1n) is 8.30. The Bertz CT molecular complexity index is 1050. The highest BCUT2D eigenvalue weighted by Gasteiger charge is 2.19. The quantitative estimate of drug-likeness (QED) is 0.429.